The zero-order chi connectivity index (χ0) is 14.9. The fraction of sp³-hybridized carbons (Fsp3) is 0.625. The minimum atomic E-state index is -3.37. The Hall–Kier alpha value is -0.620. The second-order valence-electron chi connectivity index (χ2n) is 6.32. The second kappa shape index (κ2) is 7.30. The zero-order valence-electron chi connectivity index (χ0n) is 12.8. The van der Waals surface area contributed by atoms with Crippen LogP contribution in [0.25, 0.3) is 0 Å². The summed E-state index contributed by atoms with van der Waals surface area (Å²) in [6.45, 7) is 0.973. The summed E-state index contributed by atoms with van der Waals surface area (Å²) in [6, 6.07) is 7.51. The first-order valence-electron chi connectivity index (χ1n) is 7.93. The molecular weight excluding hydrogens is 320 g/mol. The van der Waals surface area contributed by atoms with Crippen molar-refractivity contribution in [1.29, 1.82) is 0 Å². The van der Waals surface area contributed by atoms with Gasteiger partial charge in [0.1, 0.15) is 0 Å². The largest absolute Gasteiger partial charge is 0.326 e. The van der Waals surface area contributed by atoms with E-state index >= 15 is 0 Å². The predicted octanol–water partition coefficient (Wildman–Crippen LogP) is 2.88. The van der Waals surface area contributed by atoms with Crippen LogP contribution in [0.15, 0.2) is 29.2 Å². The van der Waals surface area contributed by atoms with Gasteiger partial charge in [0.25, 0.3) is 0 Å². The molecule has 1 unspecified atom stereocenters. The van der Waals surface area contributed by atoms with Crippen molar-refractivity contribution < 1.29 is 8.42 Å². The molecule has 0 bridgehead atoms. The third kappa shape index (κ3) is 3.65. The maximum absolute atomic E-state index is 12.5. The van der Waals surface area contributed by atoms with Crippen LogP contribution in [-0.2, 0) is 10.0 Å². The summed E-state index contributed by atoms with van der Waals surface area (Å²) >= 11 is 0. The monoisotopic (exact) mass is 344 g/mol. The van der Waals surface area contributed by atoms with Crippen molar-refractivity contribution in [3.05, 3.63) is 29.8 Å². The van der Waals surface area contributed by atoms with Gasteiger partial charge in [-0.1, -0.05) is 31.4 Å². The minimum Gasteiger partial charge on any atom is -0.326 e. The molecule has 22 heavy (non-hydrogen) atoms. The maximum Gasteiger partial charge on any atom is 0.243 e. The first kappa shape index (κ1) is 17.7. The van der Waals surface area contributed by atoms with Gasteiger partial charge in [-0.25, -0.2) is 8.42 Å². The summed E-state index contributed by atoms with van der Waals surface area (Å²) in [5.74, 6) is 0.607. The topological polar surface area (TPSA) is 63.4 Å². The smallest absolute Gasteiger partial charge is 0.243 e. The van der Waals surface area contributed by atoms with E-state index in [0.717, 1.165) is 6.42 Å². The van der Waals surface area contributed by atoms with Crippen LogP contribution in [0.5, 0.6) is 0 Å². The molecule has 1 atom stereocenters. The van der Waals surface area contributed by atoms with Crippen molar-refractivity contribution in [1.82, 2.24) is 4.31 Å². The van der Waals surface area contributed by atoms with E-state index in [0.29, 0.717) is 23.9 Å². The van der Waals surface area contributed by atoms with Gasteiger partial charge in [-0.05, 0) is 42.9 Å². The summed E-state index contributed by atoms with van der Waals surface area (Å²) in [7, 11) is -3.37. The molecule has 1 heterocycles. The van der Waals surface area contributed by atoms with Gasteiger partial charge in [0.15, 0.2) is 0 Å². The van der Waals surface area contributed by atoms with Gasteiger partial charge >= 0.3 is 0 Å². The van der Waals surface area contributed by atoms with Gasteiger partial charge in [-0.2, -0.15) is 4.31 Å². The highest BCUT2D eigenvalue weighted by Gasteiger charge is 2.30. The van der Waals surface area contributed by atoms with Crippen molar-refractivity contribution in [2.75, 3.05) is 13.1 Å². The molecule has 1 aliphatic carbocycles. The van der Waals surface area contributed by atoms with E-state index in [1.807, 2.05) is 12.1 Å². The summed E-state index contributed by atoms with van der Waals surface area (Å²) in [5.41, 5.74) is 7.10. The number of rotatable bonds is 3. The Balaban J connectivity index is 0.00000176. The number of sulfonamides is 1. The van der Waals surface area contributed by atoms with Crippen LogP contribution >= 0.6 is 12.4 Å². The first-order valence-corrected chi connectivity index (χ1v) is 9.37. The molecule has 6 heteroatoms. The average molecular weight is 345 g/mol. The van der Waals surface area contributed by atoms with Gasteiger partial charge < -0.3 is 5.73 Å². The molecule has 0 aromatic heterocycles. The number of nitrogens with zero attached hydrogens (tertiary/aromatic N) is 1. The molecule has 3 rings (SSSR count). The van der Waals surface area contributed by atoms with E-state index in [1.54, 1.807) is 12.1 Å². The predicted molar refractivity (Wildman–Crippen MR) is 90.9 cm³/mol. The van der Waals surface area contributed by atoms with Crippen molar-refractivity contribution in [2.45, 2.75) is 55.4 Å². The molecule has 0 radical (unpaired) electrons. The standard InChI is InChI=1S/C16H24N2O2S.ClH/c17-15-10-11-18(12-15)21(19,20)16-8-6-14(7-9-16)13-4-2-1-3-5-13;/h6-9,13,15H,1-5,10-12,17H2;1H. The SMILES string of the molecule is Cl.NC1CCN(S(=O)(=O)c2ccc(C3CCCCC3)cc2)C1. The van der Waals surface area contributed by atoms with E-state index in [9.17, 15) is 8.42 Å². The molecule has 1 saturated heterocycles. The Bertz CT molecular complexity index is 583. The Labute approximate surface area is 139 Å². The highest BCUT2D eigenvalue weighted by molar-refractivity contribution is 7.89. The van der Waals surface area contributed by atoms with Crippen molar-refractivity contribution >= 4 is 22.4 Å². The quantitative estimate of drug-likeness (QED) is 0.917. The van der Waals surface area contributed by atoms with Crippen LogP contribution in [-0.4, -0.2) is 31.9 Å². The van der Waals surface area contributed by atoms with Crippen LogP contribution in [0.1, 0.15) is 50.0 Å². The molecule has 2 N–H and O–H groups in total. The molecule has 2 fully saturated rings. The van der Waals surface area contributed by atoms with Gasteiger partial charge in [0, 0.05) is 19.1 Å². The van der Waals surface area contributed by atoms with Crippen LogP contribution in [0.2, 0.25) is 0 Å². The lowest BCUT2D eigenvalue weighted by Crippen LogP contribution is -2.31. The van der Waals surface area contributed by atoms with E-state index in [1.165, 1.54) is 42.0 Å². The van der Waals surface area contributed by atoms with Crippen molar-refractivity contribution in [3.8, 4) is 0 Å². The molecule has 1 aromatic rings. The van der Waals surface area contributed by atoms with E-state index < -0.39 is 10.0 Å². The Morgan fingerprint density at radius 3 is 2.18 bits per heavy atom. The molecule has 0 amide bonds. The molecule has 1 saturated carbocycles. The van der Waals surface area contributed by atoms with Gasteiger partial charge in [-0.3, -0.25) is 0 Å². The molecule has 124 valence electrons. The van der Waals surface area contributed by atoms with Gasteiger partial charge in [-0.15, -0.1) is 12.4 Å². The van der Waals surface area contributed by atoms with Crippen LogP contribution in [0, 0.1) is 0 Å². The first-order chi connectivity index (χ1) is 10.1. The average Bonchev–Trinajstić information content (AvgIpc) is 2.96. The molecule has 0 spiro atoms. The highest BCUT2D eigenvalue weighted by atomic mass is 35.5. The van der Waals surface area contributed by atoms with Crippen LogP contribution < -0.4 is 5.73 Å². The Morgan fingerprint density at radius 1 is 1.00 bits per heavy atom. The Kier molecular flexibility index (Phi) is 5.88. The third-order valence-electron chi connectivity index (χ3n) is 4.78. The van der Waals surface area contributed by atoms with Gasteiger partial charge in [0.2, 0.25) is 10.0 Å². The fourth-order valence-corrected chi connectivity index (χ4v) is 4.98. The summed E-state index contributed by atoms with van der Waals surface area (Å²) in [5, 5.41) is 0. The third-order valence-corrected chi connectivity index (χ3v) is 6.66. The molecule has 1 aromatic carbocycles. The van der Waals surface area contributed by atoms with Crippen molar-refractivity contribution in [2.24, 2.45) is 5.73 Å². The number of benzene rings is 1. The molecule has 2 aliphatic rings. The number of halogens is 1. The summed E-state index contributed by atoms with van der Waals surface area (Å²) in [6.07, 6.45) is 7.12. The maximum atomic E-state index is 12.5. The van der Waals surface area contributed by atoms with E-state index in [4.69, 9.17) is 5.73 Å². The van der Waals surface area contributed by atoms with Crippen molar-refractivity contribution in [3.63, 3.8) is 0 Å². The molecular formula is C16H25ClN2O2S. The Morgan fingerprint density at radius 2 is 1.64 bits per heavy atom. The molecule has 1 aliphatic heterocycles. The lowest BCUT2D eigenvalue weighted by Gasteiger charge is -2.22. The van der Waals surface area contributed by atoms with Gasteiger partial charge in [0.05, 0.1) is 4.90 Å². The highest BCUT2D eigenvalue weighted by Crippen LogP contribution is 2.33. The lowest BCUT2D eigenvalue weighted by molar-refractivity contribution is 0.443. The van der Waals surface area contributed by atoms with Crippen LogP contribution in [0.4, 0.5) is 0 Å². The molecule has 4 nitrogen and oxygen atoms in total. The van der Waals surface area contributed by atoms with E-state index in [-0.39, 0.29) is 18.4 Å². The summed E-state index contributed by atoms with van der Waals surface area (Å²) in [4.78, 5) is 0.399. The second-order valence-corrected chi connectivity index (χ2v) is 8.25. The zero-order valence-corrected chi connectivity index (χ0v) is 14.4. The summed E-state index contributed by atoms with van der Waals surface area (Å²) < 4.78 is 26.6. The van der Waals surface area contributed by atoms with Crippen LogP contribution in [0.3, 0.4) is 0 Å². The van der Waals surface area contributed by atoms with E-state index in [2.05, 4.69) is 0 Å². The lowest BCUT2D eigenvalue weighted by atomic mass is 9.84. The minimum absolute atomic E-state index is 0. The normalized spacial score (nSPS) is 24.1. The number of hydrogen-bond donors (Lipinski definition) is 1. The fourth-order valence-electron chi connectivity index (χ4n) is 3.47. The number of nitrogens with two attached hydrogens (primary N) is 1. The number of hydrogen-bond acceptors (Lipinski definition) is 3.